The largest absolute Gasteiger partial charge is 0.469 e. The molecular weight excluding hydrogens is 262 g/mol. The number of nitrogens with one attached hydrogen (secondary N) is 1. The summed E-state index contributed by atoms with van der Waals surface area (Å²) in [5, 5.41) is 3.53. The van der Waals surface area contributed by atoms with Gasteiger partial charge in [0.1, 0.15) is 11.6 Å². The molecule has 1 saturated carbocycles. The average molecular weight is 285 g/mol. The van der Waals surface area contributed by atoms with E-state index in [0.717, 1.165) is 30.7 Å². The van der Waals surface area contributed by atoms with E-state index in [4.69, 9.17) is 4.42 Å². The number of aromatic nitrogens is 1. The summed E-state index contributed by atoms with van der Waals surface area (Å²) < 4.78 is 5.36. The van der Waals surface area contributed by atoms with Crippen molar-refractivity contribution in [3.05, 3.63) is 47.0 Å². The second-order valence-corrected chi connectivity index (χ2v) is 6.00. The molecule has 3 rings (SSSR count). The topological polar surface area (TPSA) is 41.3 Å². The van der Waals surface area contributed by atoms with Gasteiger partial charge in [-0.05, 0) is 49.9 Å². The molecule has 0 atom stereocenters. The van der Waals surface area contributed by atoms with Gasteiger partial charge in [-0.1, -0.05) is 0 Å². The van der Waals surface area contributed by atoms with Gasteiger partial charge in [0, 0.05) is 37.9 Å². The van der Waals surface area contributed by atoms with Gasteiger partial charge >= 0.3 is 0 Å². The number of hydrogen-bond donors (Lipinski definition) is 1. The van der Waals surface area contributed by atoms with Gasteiger partial charge in [-0.25, -0.2) is 4.98 Å². The minimum Gasteiger partial charge on any atom is -0.469 e. The van der Waals surface area contributed by atoms with Gasteiger partial charge in [-0.3, -0.25) is 0 Å². The lowest BCUT2D eigenvalue weighted by Crippen LogP contribution is -2.20. The Morgan fingerprint density at radius 1 is 1.38 bits per heavy atom. The lowest BCUT2D eigenvalue weighted by atomic mass is 10.2. The quantitative estimate of drug-likeness (QED) is 0.885. The fourth-order valence-electron chi connectivity index (χ4n) is 2.58. The first-order valence-corrected chi connectivity index (χ1v) is 7.56. The second kappa shape index (κ2) is 5.90. The third-order valence-corrected chi connectivity index (χ3v) is 4.01. The van der Waals surface area contributed by atoms with E-state index in [2.05, 4.69) is 35.2 Å². The number of furan rings is 1. The summed E-state index contributed by atoms with van der Waals surface area (Å²) in [6.45, 7) is 5.86. The van der Waals surface area contributed by atoms with Gasteiger partial charge < -0.3 is 14.6 Å². The van der Waals surface area contributed by atoms with Crippen LogP contribution in [0.2, 0.25) is 0 Å². The molecule has 2 heterocycles. The summed E-state index contributed by atoms with van der Waals surface area (Å²) in [5.41, 5.74) is 3.68. The smallest absolute Gasteiger partial charge is 0.131 e. The SMILES string of the molecule is Cc1cc(CNC2CC2)cnc1N(C)Cc1ccoc1C. The Kier molecular flexibility index (Phi) is 3.97. The highest BCUT2D eigenvalue weighted by Gasteiger charge is 2.20. The van der Waals surface area contributed by atoms with Gasteiger partial charge in [0.2, 0.25) is 0 Å². The van der Waals surface area contributed by atoms with E-state index in [1.54, 1.807) is 6.26 Å². The van der Waals surface area contributed by atoms with Crippen LogP contribution in [0.3, 0.4) is 0 Å². The van der Waals surface area contributed by atoms with Crippen LogP contribution in [0.4, 0.5) is 5.82 Å². The van der Waals surface area contributed by atoms with E-state index in [0.29, 0.717) is 0 Å². The molecule has 0 aliphatic heterocycles. The van der Waals surface area contributed by atoms with Gasteiger partial charge in [0.05, 0.1) is 6.26 Å². The maximum atomic E-state index is 5.36. The lowest BCUT2D eigenvalue weighted by Gasteiger charge is -2.20. The third-order valence-electron chi connectivity index (χ3n) is 4.01. The zero-order valence-corrected chi connectivity index (χ0v) is 13.0. The molecule has 0 spiro atoms. The van der Waals surface area contributed by atoms with Crippen molar-refractivity contribution in [3.8, 4) is 0 Å². The van der Waals surface area contributed by atoms with Crippen LogP contribution in [0.1, 0.15) is 35.3 Å². The Balaban J connectivity index is 1.67. The number of aryl methyl sites for hydroxylation is 2. The maximum Gasteiger partial charge on any atom is 0.131 e. The molecule has 1 aliphatic rings. The van der Waals surface area contributed by atoms with E-state index in [1.165, 1.54) is 29.5 Å². The molecule has 1 N–H and O–H groups in total. The third kappa shape index (κ3) is 3.45. The van der Waals surface area contributed by atoms with E-state index >= 15 is 0 Å². The van der Waals surface area contributed by atoms with Crippen LogP contribution in [0.5, 0.6) is 0 Å². The Bertz CT molecular complexity index is 616. The van der Waals surface area contributed by atoms with Crippen LogP contribution in [0.15, 0.2) is 29.0 Å². The fourth-order valence-corrected chi connectivity index (χ4v) is 2.58. The van der Waals surface area contributed by atoms with E-state index in [9.17, 15) is 0 Å². The van der Waals surface area contributed by atoms with Gasteiger partial charge in [0.25, 0.3) is 0 Å². The number of pyridine rings is 1. The zero-order valence-electron chi connectivity index (χ0n) is 13.0. The van der Waals surface area contributed by atoms with Crippen LogP contribution < -0.4 is 10.2 Å². The molecule has 0 bridgehead atoms. The molecule has 4 heteroatoms. The van der Waals surface area contributed by atoms with Crippen LogP contribution in [0.25, 0.3) is 0 Å². The van der Waals surface area contributed by atoms with Crippen molar-refractivity contribution in [1.29, 1.82) is 0 Å². The minimum atomic E-state index is 0.733. The molecular formula is C17H23N3O. The lowest BCUT2D eigenvalue weighted by molar-refractivity contribution is 0.529. The van der Waals surface area contributed by atoms with Gasteiger partial charge in [-0.2, -0.15) is 0 Å². The zero-order chi connectivity index (χ0) is 14.8. The van der Waals surface area contributed by atoms with Crippen LogP contribution >= 0.6 is 0 Å². The normalized spacial score (nSPS) is 14.4. The first-order valence-electron chi connectivity index (χ1n) is 7.56. The van der Waals surface area contributed by atoms with Crippen molar-refractivity contribution < 1.29 is 4.42 Å². The second-order valence-electron chi connectivity index (χ2n) is 6.00. The highest BCUT2D eigenvalue weighted by Crippen LogP contribution is 2.22. The Hall–Kier alpha value is -1.81. The first kappa shape index (κ1) is 14.1. The van der Waals surface area contributed by atoms with Crippen LogP contribution in [-0.4, -0.2) is 18.1 Å². The summed E-state index contributed by atoms with van der Waals surface area (Å²) in [7, 11) is 2.07. The number of rotatable bonds is 6. The monoisotopic (exact) mass is 285 g/mol. The van der Waals surface area contributed by atoms with E-state index in [1.807, 2.05) is 19.2 Å². The van der Waals surface area contributed by atoms with Crippen LogP contribution in [-0.2, 0) is 13.1 Å². The fraction of sp³-hybridized carbons (Fsp3) is 0.471. The molecule has 4 nitrogen and oxygen atoms in total. The molecule has 21 heavy (non-hydrogen) atoms. The summed E-state index contributed by atoms with van der Waals surface area (Å²) in [6.07, 6.45) is 6.36. The predicted molar refractivity (Wildman–Crippen MR) is 84.4 cm³/mol. The number of anilines is 1. The van der Waals surface area contributed by atoms with Crippen molar-refractivity contribution >= 4 is 5.82 Å². The molecule has 0 saturated heterocycles. The van der Waals surface area contributed by atoms with E-state index < -0.39 is 0 Å². The number of hydrogen-bond acceptors (Lipinski definition) is 4. The Morgan fingerprint density at radius 2 is 2.19 bits per heavy atom. The number of nitrogens with zero attached hydrogens (tertiary/aromatic N) is 2. The van der Waals surface area contributed by atoms with Gasteiger partial charge in [0.15, 0.2) is 0 Å². The summed E-state index contributed by atoms with van der Waals surface area (Å²) >= 11 is 0. The minimum absolute atomic E-state index is 0.733. The van der Waals surface area contributed by atoms with E-state index in [-0.39, 0.29) is 0 Å². The molecule has 0 amide bonds. The molecule has 0 aromatic carbocycles. The highest BCUT2D eigenvalue weighted by atomic mass is 16.3. The Morgan fingerprint density at radius 3 is 2.81 bits per heavy atom. The highest BCUT2D eigenvalue weighted by molar-refractivity contribution is 5.47. The molecule has 1 aliphatic carbocycles. The van der Waals surface area contributed by atoms with Crippen molar-refractivity contribution in [1.82, 2.24) is 10.3 Å². The molecule has 1 fully saturated rings. The van der Waals surface area contributed by atoms with Crippen molar-refractivity contribution in [3.63, 3.8) is 0 Å². The average Bonchev–Trinajstić information content (AvgIpc) is 3.20. The standard InChI is InChI=1S/C17H23N3O/c1-12-8-14(9-18-16-4-5-16)10-19-17(12)20(3)11-15-6-7-21-13(15)2/h6-8,10,16,18H,4-5,9,11H2,1-3H3. The molecule has 112 valence electrons. The Labute approximate surface area is 126 Å². The predicted octanol–water partition coefficient (Wildman–Crippen LogP) is 3.18. The van der Waals surface area contributed by atoms with Crippen LogP contribution in [0, 0.1) is 13.8 Å². The van der Waals surface area contributed by atoms with Gasteiger partial charge in [-0.15, -0.1) is 0 Å². The first-order chi connectivity index (χ1) is 10.1. The molecule has 0 radical (unpaired) electrons. The maximum absolute atomic E-state index is 5.36. The molecule has 2 aromatic rings. The summed E-state index contributed by atoms with van der Waals surface area (Å²) in [6, 6.07) is 4.99. The summed E-state index contributed by atoms with van der Waals surface area (Å²) in [5.74, 6) is 2.01. The molecule has 0 unspecified atom stereocenters. The van der Waals surface area contributed by atoms with Crippen molar-refractivity contribution in [2.45, 2.75) is 45.8 Å². The summed E-state index contributed by atoms with van der Waals surface area (Å²) in [4.78, 5) is 6.81. The van der Waals surface area contributed by atoms with Crippen molar-refractivity contribution in [2.24, 2.45) is 0 Å². The van der Waals surface area contributed by atoms with Crippen molar-refractivity contribution in [2.75, 3.05) is 11.9 Å². The molecule has 2 aromatic heterocycles.